The van der Waals surface area contributed by atoms with Crippen molar-refractivity contribution in [3.05, 3.63) is 0 Å². The molecular formula is C8H14O4. The summed E-state index contributed by atoms with van der Waals surface area (Å²) in [5.74, 6) is 0. The maximum atomic E-state index is 10.2. The van der Waals surface area contributed by atoms with Crippen LogP contribution in [0, 0.1) is 0 Å². The van der Waals surface area contributed by atoms with Crippen molar-refractivity contribution in [2.24, 2.45) is 0 Å². The predicted octanol–water partition coefficient (Wildman–Crippen LogP) is 0.352. The molecule has 4 nitrogen and oxygen atoms in total. The molecule has 0 N–H and O–H groups in total. The van der Waals surface area contributed by atoms with Gasteiger partial charge in [0.15, 0.2) is 6.29 Å². The molecule has 0 bridgehead atoms. The van der Waals surface area contributed by atoms with E-state index < -0.39 is 0 Å². The van der Waals surface area contributed by atoms with Gasteiger partial charge in [-0.25, -0.2) is 0 Å². The molecule has 3 atom stereocenters. The molecule has 1 saturated heterocycles. The third-order valence-corrected chi connectivity index (χ3v) is 2.06. The van der Waals surface area contributed by atoms with Gasteiger partial charge in [0, 0.05) is 27.1 Å². The third-order valence-electron chi connectivity index (χ3n) is 2.06. The summed E-state index contributed by atoms with van der Waals surface area (Å²) in [5, 5.41) is 0. The van der Waals surface area contributed by atoms with E-state index in [9.17, 15) is 4.79 Å². The van der Waals surface area contributed by atoms with Gasteiger partial charge in [-0.05, 0) is 0 Å². The van der Waals surface area contributed by atoms with Crippen molar-refractivity contribution in [3.63, 3.8) is 0 Å². The second-order valence-corrected chi connectivity index (χ2v) is 2.75. The second kappa shape index (κ2) is 4.54. The van der Waals surface area contributed by atoms with Gasteiger partial charge in [-0.3, -0.25) is 0 Å². The molecule has 1 aliphatic rings. The third kappa shape index (κ3) is 2.03. The minimum atomic E-state index is -0.222. The first-order valence-electron chi connectivity index (χ1n) is 3.96. The highest BCUT2D eigenvalue weighted by molar-refractivity contribution is 5.50. The first kappa shape index (κ1) is 9.64. The van der Waals surface area contributed by atoms with Crippen molar-refractivity contribution < 1.29 is 19.0 Å². The number of hydrogen-bond acceptors (Lipinski definition) is 4. The number of aldehydes is 1. The van der Waals surface area contributed by atoms with Gasteiger partial charge in [-0.1, -0.05) is 0 Å². The molecular weight excluding hydrogens is 160 g/mol. The Hall–Kier alpha value is -0.450. The van der Waals surface area contributed by atoms with Gasteiger partial charge in [0.25, 0.3) is 0 Å². The second-order valence-electron chi connectivity index (χ2n) is 2.75. The lowest BCUT2D eigenvalue weighted by atomic mass is 10.1. The van der Waals surface area contributed by atoms with Gasteiger partial charge in [-0.2, -0.15) is 0 Å². The molecule has 1 rings (SSSR count). The highest BCUT2D eigenvalue weighted by Gasteiger charge is 2.34. The molecule has 0 saturated carbocycles. The van der Waals surface area contributed by atoms with Crippen molar-refractivity contribution in [3.8, 4) is 0 Å². The predicted molar refractivity (Wildman–Crippen MR) is 41.8 cm³/mol. The van der Waals surface area contributed by atoms with E-state index in [1.807, 2.05) is 0 Å². The molecule has 0 spiro atoms. The fourth-order valence-electron chi connectivity index (χ4n) is 1.38. The van der Waals surface area contributed by atoms with Gasteiger partial charge in [-0.15, -0.1) is 0 Å². The number of ether oxygens (including phenoxy) is 3. The Morgan fingerprint density at radius 3 is 2.75 bits per heavy atom. The fourth-order valence-corrected chi connectivity index (χ4v) is 1.38. The van der Waals surface area contributed by atoms with Gasteiger partial charge < -0.3 is 19.0 Å². The topological polar surface area (TPSA) is 44.8 Å². The molecule has 0 amide bonds. The Balaban J connectivity index is 2.44. The summed E-state index contributed by atoms with van der Waals surface area (Å²) in [6, 6.07) is 0. The lowest BCUT2D eigenvalue weighted by molar-refractivity contribution is -0.128. The van der Waals surface area contributed by atoms with Crippen LogP contribution in [-0.2, 0) is 19.0 Å². The van der Waals surface area contributed by atoms with Crippen LogP contribution in [0.15, 0.2) is 0 Å². The van der Waals surface area contributed by atoms with E-state index in [4.69, 9.17) is 14.2 Å². The standard InChI is InChI=1S/C8H14O4/c1-10-7-5-8(11-2)12-6(7)3-4-9/h4,6-8H,3,5H2,1-2H3/t6-,7?,8?/m1/s1. The van der Waals surface area contributed by atoms with E-state index in [0.29, 0.717) is 12.8 Å². The monoisotopic (exact) mass is 174 g/mol. The first-order chi connectivity index (χ1) is 5.81. The fraction of sp³-hybridized carbons (Fsp3) is 0.875. The minimum Gasteiger partial charge on any atom is -0.379 e. The summed E-state index contributed by atoms with van der Waals surface area (Å²) in [5.41, 5.74) is 0. The van der Waals surface area contributed by atoms with E-state index in [1.54, 1.807) is 14.2 Å². The Labute approximate surface area is 71.8 Å². The molecule has 2 unspecified atom stereocenters. The van der Waals surface area contributed by atoms with E-state index in [1.165, 1.54) is 0 Å². The molecule has 1 fully saturated rings. The van der Waals surface area contributed by atoms with Crippen LogP contribution < -0.4 is 0 Å². The summed E-state index contributed by atoms with van der Waals surface area (Å²) >= 11 is 0. The quantitative estimate of drug-likeness (QED) is 0.577. The average molecular weight is 174 g/mol. The zero-order valence-electron chi connectivity index (χ0n) is 7.36. The summed E-state index contributed by atoms with van der Waals surface area (Å²) < 4.78 is 15.5. The van der Waals surface area contributed by atoms with Gasteiger partial charge in [0.05, 0.1) is 12.2 Å². The number of rotatable bonds is 4. The maximum absolute atomic E-state index is 10.2. The normalized spacial score (nSPS) is 35.3. The molecule has 0 aromatic heterocycles. The summed E-state index contributed by atoms with van der Waals surface area (Å²) in [6.07, 6.45) is 1.54. The molecule has 0 aromatic carbocycles. The Kier molecular flexibility index (Phi) is 3.65. The van der Waals surface area contributed by atoms with Crippen molar-refractivity contribution in [2.75, 3.05) is 14.2 Å². The van der Waals surface area contributed by atoms with Crippen LogP contribution in [0.4, 0.5) is 0 Å². The van der Waals surface area contributed by atoms with Crippen molar-refractivity contribution in [1.29, 1.82) is 0 Å². The summed E-state index contributed by atoms with van der Waals surface area (Å²) in [7, 11) is 3.20. The van der Waals surface area contributed by atoms with Crippen LogP contribution in [0.3, 0.4) is 0 Å². The minimum absolute atomic E-state index is 0.0138. The van der Waals surface area contributed by atoms with Crippen molar-refractivity contribution >= 4 is 6.29 Å². The Morgan fingerprint density at radius 2 is 2.25 bits per heavy atom. The molecule has 0 aromatic rings. The molecule has 0 radical (unpaired) electrons. The Morgan fingerprint density at radius 1 is 1.50 bits per heavy atom. The SMILES string of the molecule is COC1CC(OC)[C@@H](CC=O)O1. The van der Waals surface area contributed by atoms with Gasteiger partial charge >= 0.3 is 0 Å². The molecule has 0 aliphatic carbocycles. The maximum Gasteiger partial charge on any atom is 0.160 e. The number of carbonyl (C=O) groups is 1. The number of hydrogen-bond donors (Lipinski definition) is 0. The van der Waals surface area contributed by atoms with E-state index in [0.717, 1.165) is 6.29 Å². The van der Waals surface area contributed by atoms with Crippen LogP contribution in [0.1, 0.15) is 12.8 Å². The van der Waals surface area contributed by atoms with E-state index in [2.05, 4.69) is 0 Å². The molecule has 4 heteroatoms. The summed E-state index contributed by atoms with van der Waals surface area (Å²) in [6.45, 7) is 0. The number of methoxy groups -OCH3 is 2. The van der Waals surface area contributed by atoms with Crippen LogP contribution in [-0.4, -0.2) is 39.0 Å². The zero-order valence-corrected chi connectivity index (χ0v) is 7.36. The highest BCUT2D eigenvalue weighted by atomic mass is 16.7. The lowest BCUT2D eigenvalue weighted by Crippen LogP contribution is -2.23. The van der Waals surface area contributed by atoms with Gasteiger partial charge in [0.1, 0.15) is 6.29 Å². The lowest BCUT2D eigenvalue weighted by Gasteiger charge is -2.13. The largest absolute Gasteiger partial charge is 0.379 e. The van der Waals surface area contributed by atoms with Gasteiger partial charge in [0.2, 0.25) is 0 Å². The van der Waals surface area contributed by atoms with Crippen LogP contribution in [0.25, 0.3) is 0 Å². The molecule has 1 aliphatic heterocycles. The van der Waals surface area contributed by atoms with Crippen molar-refractivity contribution in [2.45, 2.75) is 31.3 Å². The molecule has 12 heavy (non-hydrogen) atoms. The smallest absolute Gasteiger partial charge is 0.160 e. The van der Waals surface area contributed by atoms with Crippen LogP contribution in [0.5, 0.6) is 0 Å². The summed E-state index contributed by atoms with van der Waals surface area (Å²) in [4.78, 5) is 10.2. The average Bonchev–Trinajstić information content (AvgIpc) is 2.48. The molecule has 1 heterocycles. The first-order valence-corrected chi connectivity index (χ1v) is 3.96. The molecule has 70 valence electrons. The zero-order chi connectivity index (χ0) is 8.97. The van der Waals surface area contributed by atoms with Crippen LogP contribution >= 0.6 is 0 Å². The van der Waals surface area contributed by atoms with Crippen LogP contribution in [0.2, 0.25) is 0 Å². The van der Waals surface area contributed by atoms with E-state index >= 15 is 0 Å². The van der Waals surface area contributed by atoms with E-state index in [-0.39, 0.29) is 18.5 Å². The van der Waals surface area contributed by atoms with Crippen molar-refractivity contribution in [1.82, 2.24) is 0 Å². The Bertz CT molecular complexity index is 148. The highest BCUT2D eigenvalue weighted by Crippen LogP contribution is 2.24. The number of carbonyl (C=O) groups excluding carboxylic acids is 1.